The highest BCUT2D eigenvalue weighted by atomic mass is 32.1. The van der Waals surface area contributed by atoms with Gasteiger partial charge >= 0.3 is 0 Å². The van der Waals surface area contributed by atoms with E-state index in [1.165, 1.54) is 4.88 Å². The van der Waals surface area contributed by atoms with Crippen LogP contribution in [-0.2, 0) is 11.2 Å². The maximum absolute atomic E-state index is 12.1. The van der Waals surface area contributed by atoms with E-state index in [9.17, 15) is 4.79 Å². The number of nitrogens with one attached hydrogen (secondary N) is 1. The molecule has 17 heavy (non-hydrogen) atoms. The number of carbonyl (C=O) groups excluding carboxylic acids is 1. The highest BCUT2D eigenvalue weighted by Gasteiger charge is 2.34. The second-order valence-electron chi connectivity index (χ2n) is 4.36. The molecule has 94 valence electrons. The van der Waals surface area contributed by atoms with Crippen LogP contribution in [0, 0.1) is 0 Å². The average molecular weight is 253 g/mol. The quantitative estimate of drug-likeness (QED) is 0.886. The molecule has 1 fully saturated rings. The molecule has 1 aromatic heterocycles. The van der Waals surface area contributed by atoms with Crippen LogP contribution >= 0.6 is 11.3 Å². The van der Waals surface area contributed by atoms with E-state index in [1.807, 2.05) is 18.1 Å². The molecule has 1 aliphatic rings. The van der Waals surface area contributed by atoms with Gasteiger partial charge in [0, 0.05) is 17.6 Å². The lowest BCUT2D eigenvalue weighted by Gasteiger charge is -2.22. The summed E-state index contributed by atoms with van der Waals surface area (Å²) in [6, 6.07) is 0.0919. The average Bonchev–Trinajstić information content (AvgIpc) is 2.94. The van der Waals surface area contributed by atoms with E-state index in [0.29, 0.717) is 0 Å². The van der Waals surface area contributed by atoms with Gasteiger partial charge in [0.25, 0.3) is 0 Å². The van der Waals surface area contributed by atoms with Gasteiger partial charge in [-0.25, -0.2) is 4.98 Å². The molecule has 2 rings (SSSR count). The molecule has 2 heterocycles. The molecule has 0 saturated carbocycles. The number of hydrogen-bond donors (Lipinski definition) is 1. The molecule has 1 saturated heterocycles. The Kier molecular flexibility index (Phi) is 3.79. The largest absolute Gasteiger partial charge is 0.332 e. The maximum atomic E-state index is 12.1. The zero-order valence-corrected chi connectivity index (χ0v) is 11.4. The lowest BCUT2D eigenvalue weighted by molar-refractivity contribution is -0.131. The van der Waals surface area contributed by atoms with Crippen molar-refractivity contribution in [1.82, 2.24) is 15.2 Å². The predicted molar refractivity (Wildman–Crippen MR) is 69.1 cm³/mol. The number of aromatic nitrogens is 1. The van der Waals surface area contributed by atoms with E-state index in [-0.39, 0.29) is 18.0 Å². The number of aryl methyl sites for hydroxylation is 1. The number of amides is 1. The molecule has 1 aromatic rings. The van der Waals surface area contributed by atoms with E-state index in [1.54, 1.807) is 11.3 Å². The Bertz CT molecular complexity index is 404. The fraction of sp³-hybridized carbons (Fsp3) is 0.667. The second kappa shape index (κ2) is 5.14. The third-order valence-electron chi connectivity index (χ3n) is 3.33. The number of rotatable bonds is 4. The zero-order chi connectivity index (χ0) is 12.4. The van der Waals surface area contributed by atoms with Gasteiger partial charge in [0.05, 0.1) is 12.1 Å². The van der Waals surface area contributed by atoms with Gasteiger partial charge in [-0.1, -0.05) is 6.92 Å². The first-order chi connectivity index (χ1) is 8.17. The Balaban J connectivity index is 2.10. The Morgan fingerprint density at radius 3 is 3.00 bits per heavy atom. The van der Waals surface area contributed by atoms with Crippen molar-refractivity contribution in [2.24, 2.45) is 0 Å². The van der Waals surface area contributed by atoms with Crippen molar-refractivity contribution in [2.45, 2.75) is 38.8 Å². The molecular formula is C12H19N3OS. The Morgan fingerprint density at radius 1 is 1.71 bits per heavy atom. The van der Waals surface area contributed by atoms with Crippen molar-refractivity contribution in [3.05, 3.63) is 16.1 Å². The molecule has 5 heteroatoms. The van der Waals surface area contributed by atoms with Crippen molar-refractivity contribution in [1.29, 1.82) is 0 Å². The summed E-state index contributed by atoms with van der Waals surface area (Å²) in [6.07, 6.45) is 3.83. The van der Waals surface area contributed by atoms with Crippen molar-refractivity contribution < 1.29 is 4.79 Å². The van der Waals surface area contributed by atoms with Gasteiger partial charge in [-0.3, -0.25) is 4.79 Å². The first-order valence-corrected chi connectivity index (χ1v) is 6.91. The Labute approximate surface area is 106 Å². The molecule has 2 unspecified atom stereocenters. The summed E-state index contributed by atoms with van der Waals surface area (Å²) in [6.45, 7) is 5.01. The second-order valence-corrected chi connectivity index (χ2v) is 5.50. The van der Waals surface area contributed by atoms with Crippen LogP contribution in [0.1, 0.15) is 36.2 Å². The first-order valence-electron chi connectivity index (χ1n) is 6.09. The number of hydrogen-bond acceptors (Lipinski definition) is 4. The summed E-state index contributed by atoms with van der Waals surface area (Å²) in [4.78, 5) is 19.7. The molecule has 1 N–H and O–H groups in total. The van der Waals surface area contributed by atoms with E-state index in [4.69, 9.17) is 0 Å². The SMILES string of the molecule is CCc1cnc(C(C)N2CCC(NC)C2=O)s1. The highest BCUT2D eigenvalue weighted by Crippen LogP contribution is 2.28. The molecule has 1 amide bonds. The van der Waals surface area contributed by atoms with Gasteiger partial charge in [-0.2, -0.15) is 0 Å². The summed E-state index contributed by atoms with van der Waals surface area (Å²) in [5.41, 5.74) is 0. The minimum absolute atomic E-state index is 0.0111. The Morgan fingerprint density at radius 2 is 2.47 bits per heavy atom. The lowest BCUT2D eigenvalue weighted by atomic mass is 10.2. The number of nitrogens with zero attached hydrogens (tertiary/aromatic N) is 2. The van der Waals surface area contributed by atoms with Crippen LogP contribution in [0.3, 0.4) is 0 Å². The minimum Gasteiger partial charge on any atom is -0.332 e. The summed E-state index contributed by atoms with van der Waals surface area (Å²) >= 11 is 1.71. The van der Waals surface area contributed by atoms with Gasteiger partial charge in [0.15, 0.2) is 0 Å². The smallest absolute Gasteiger partial charge is 0.240 e. The van der Waals surface area contributed by atoms with E-state index in [2.05, 4.69) is 24.1 Å². The molecular weight excluding hydrogens is 234 g/mol. The standard InChI is InChI=1S/C12H19N3OS/c1-4-9-7-14-11(17-9)8(2)15-6-5-10(13-3)12(15)16/h7-8,10,13H,4-6H2,1-3H3. The number of likely N-dealkylation sites (N-methyl/N-ethyl adjacent to an activating group) is 1. The maximum Gasteiger partial charge on any atom is 0.240 e. The van der Waals surface area contributed by atoms with Crippen molar-refractivity contribution in [3.63, 3.8) is 0 Å². The summed E-state index contributed by atoms with van der Waals surface area (Å²) in [5, 5.41) is 4.11. The van der Waals surface area contributed by atoms with Crippen molar-refractivity contribution >= 4 is 17.2 Å². The lowest BCUT2D eigenvalue weighted by Crippen LogP contribution is -2.37. The van der Waals surface area contributed by atoms with Crippen LogP contribution in [0.4, 0.5) is 0 Å². The topological polar surface area (TPSA) is 45.2 Å². The van der Waals surface area contributed by atoms with Crippen molar-refractivity contribution in [2.75, 3.05) is 13.6 Å². The number of carbonyl (C=O) groups is 1. The Hall–Kier alpha value is -0.940. The fourth-order valence-electron chi connectivity index (χ4n) is 2.17. The minimum atomic E-state index is -0.0111. The van der Waals surface area contributed by atoms with Crippen LogP contribution < -0.4 is 5.32 Å². The van der Waals surface area contributed by atoms with Crippen LogP contribution in [-0.4, -0.2) is 35.4 Å². The third-order valence-corrected chi connectivity index (χ3v) is 4.65. The van der Waals surface area contributed by atoms with Crippen LogP contribution in [0.5, 0.6) is 0 Å². The predicted octanol–water partition coefficient (Wildman–Crippen LogP) is 1.59. The van der Waals surface area contributed by atoms with Crippen LogP contribution in [0.15, 0.2) is 6.20 Å². The van der Waals surface area contributed by atoms with Gasteiger partial charge in [-0.15, -0.1) is 11.3 Å². The molecule has 0 aromatic carbocycles. The van der Waals surface area contributed by atoms with Crippen LogP contribution in [0.25, 0.3) is 0 Å². The summed E-state index contributed by atoms with van der Waals surface area (Å²) in [5.74, 6) is 0.202. The third kappa shape index (κ3) is 2.35. The molecule has 0 aliphatic carbocycles. The zero-order valence-electron chi connectivity index (χ0n) is 10.6. The fourth-order valence-corrected chi connectivity index (χ4v) is 3.09. The van der Waals surface area contributed by atoms with Gasteiger partial charge in [0.2, 0.25) is 5.91 Å². The molecule has 0 bridgehead atoms. The van der Waals surface area contributed by atoms with E-state index in [0.717, 1.165) is 24.4 Å². The van der Waals surface area contributed by atoms with E-state index >= 15 is 0 Å². The normalized spacial score (nSPS) is 22.2. The summed E-state index contributed by atoms with van der Waals surface area (Å²) < 4.78 is 0. The van der Waals surface area contributed by atoms with Gasteiger partial charge < -0.3 is 10.2 Å². The molecule has 2 atom stereocenters. The van der Waals surface area contributed by atoms with Gasteiger partial charge in [-0.05, 0) is 26.8 Å². The number of likely N-dealkylation sites (tertiary alicyclic amines) is 1. The molecule has 4 nitrogen and oxygen atoms in total. The number of thiazole rings is 1. The van der Waals surface area contributed by atoms with E-state index < -0.39 is 0 Å². The van der Waals surface area contributed by atoms with Gasteiger partial charge in [0.1, 0.15) is 5.01 Å². The summed E-state index contributed by atoms with van der Waals surface area (Å²) in [7, 11) is 1.84. The monoisotopic (exact) mass is 253 g/mol. The first kappa shape index (κ1) is 12.5. The molecule has 0 radical (unpaired) electrons. The van der Waals surface area contributed by atoms with Crippen molar-refractivity contribution in [3.8, 4) is 0 Å². The molecule has 0 spiro atoms. The highest BCUT2D eigenvalue weighted by molar-refractivity contribution is 7.11. The van der Waals surface area contributed by atoms with Crippen LogP contribution in [0.2, 0.25) is 0 Å². The molecule has 1 aliphatic heterocycles.